The van der Waals surface area contributed by atoms with Crippen LogP contribution in [0.15, 0.2) is 53.4 Å². The molecule has 0 fully saturated rings. The zero-order valence-corrected chi connectivity index (χ0v) is 12.5. The second-order valence-corrected chi connectivity index (χ2v) is 6.00. The smallest absolute Gasteiger partial charge is 0.268 e. The first kappa shape index (κ1) is 15.7. The third kappa shape index (κ3) is 3.32. The molecule has 0 radical (unpaired) electrons. The van der Waals surface area contributed by atoms with Gasteiger partial charge in [0.25, 0.3) is 15.9 Å². The van der Waals surface area contributed by atoms with Gasteiger partial charge >= 0.3 is 0 Å². The number of amides is 1. The monoisotopic (exact) mass is 319 g/mol. The first-order valence-electron chi connectivity index (χ1n) is 6.23. The van der Waals surface area contributed by atoms with E-state index in [4.69, 9.17) is 4.74 Å². The number of sulfonamides is 1. The Morgan fingerprint density at radius 3 is 2.32 bits per heavy atom. The zero-order valence-electron chi connectivity index (χ0n) is 11.6. The number of hydrogen-bond acceptors (Lipinski definition) is 5. The van der Waals surface area contributed by atoms with Gasteiger partial charge in [0, 0.05) is 5.56 Å². The first-order valence-corrected chi connectivity index (χ1v) is 7.71. The highest BCUT2D eigenvalue weighted by molar-refractivity contribution is 7.90. The van der Waals surface area contributed by atoms with Crippen LogP contribution in [-0.4, -0.2) is 27.7 Å². The predicted molar refractivity (Wildman–Crippen MR) is 79.5 cm³/mol. The van der Waals surface area contributed by atoms with Crippen molar-refractivity contribution in [2.24, 2.45) is 0 Å². The average molecular weight is 319 g/mol. The second kappa shape index (κ2) is 6.40. The number of nitrogens with one attached hydrogen (secondary N) is 1. The van der Waals surface area contributed by atoms with Crippen molar-refractivity contribution < 1.29 is 22.7 Å². The van der Waals surface area contributed by atoms with Crippen LogP contribution in [0.25, 0.3) is 0 Å². The van der Waals surface area contributed by atoms with Crippen molar-refractivity contribution in [3.63, 3.8) is 0 Å². The molecule has 2 rings (SSSR count). The van der Waals surface area contributed by atoms with E-state index in [-0.39, 0.29) is 16.2 Å². The topological polar surface area (TPSA) is 89.5 Å². The molecule has 2 aromatic rings. The number of carbonyl (C=O) groups excluding carboxylic acids is 2. The summed E-state index contributed by atoms with van der Waals surface area (Å²) < 4.78 is 31.3. The third-order valence-electron chi connectivity index (χ3n) is 2.91. The molecule has 0 aromatic heterocycles. The molecule has 0 unspecified atom stereocenters. The summed E-state index contributed by atoms with van der Waals surface area (Å²) in [6.07, 6.45) is 0.601. The fourth-order valence-electron chi connectivity index (χ4n) is 1.79. The maximum absolute atomic E-state index is 12.2. The van der Waals surface area contributed by atoms with Crippen LogP contribution in [0.3, 0.4) is 0 Å². The first-order chi connectivity index (χ1) is 10.5. The van der Waals surface area contributed by atoms with Crippen molar-refractivity contribution in [1.82, 2.24) is 4.72 Å². The number of methoxy groups -OCH3 is 1. The lowest BCUT2D eigenvalue weighted by atomic mass is 10.2. The summed E-state index contributed by atoms with van der Waals surface area (Å²) in [5.41, 5.74) is 0.452. The molecule has 0 atom stereocenters. The molecule has 6 nitrogen and oxygen atoms in total. The van der Waals surface area contributed by atoms with Gasteiger partial charge in [0.05, 0.1) is 17.6 Å². The molecular formula is C15H13NO5S. The molecule has 1 amide bonds. The summed E-state index contributed by atoms with van der Waals surface area (Å²) in [7, 11) is -2.64. The highest BCUT2D eigenvalue weighted by Gasteiger charge is 2.20. The Labute approximate surface area is 127 Å². The summed E-state index contributed by atoms with van der Waals surface area (Å²) in [6, 6.07) is 11.5. The molecule has 0 saturated carbocycles. The largest absolute Gasteiger partial charge is 0.496 e. The molecule has 1 N–H and O–H groups in total. The highest BCUT2D eigenvalue weighted by atomic mass is 32.2. The van der Waals surface area contributed by atoms with E-state index >= 15 is 0 Å². The fraction of sp³-hybridized carbons (Fsp3) is 0.0667. The standard InChI is InChI=1S/C15H13NO5S/c1-21-14-5-3-2-4-13(14)15(18)16-22(19,20)12-8-6-11(10-17)7-9-12/h2-10H,1H3,(H,16,18). The number of ether oxygens (including phenoxy) is 1. The van der Waals surface area contributed by atoms with E-state index in [1.807, 2.05) is 4.72 Å². The highest BCUT2D eigenvalue weighted by Crippen LogP contribution is 2.18. The maximum atomic E-state index is 12.2. The molecule has 22 heavy (non-hydrogen) atoms. The Kier molecular flexibility index (Phi) is 4.57. The normalized spacial score (nSPS) is 10.8. The van der Waals surface area contributed by atoms with Gasteiger partial charge in [-0.3, -0.25) is 9.59 Å². The third-order valence-corrected chi connectivity index (χ3v) is 4.25. The van der Waals surface area contributed by atoms with Crippen molar-refractivity contribution in [3.8, 4) is 5.75 Å². The molecule has 7 heteroatoms. The van der Waals surface area contributed by atoms with Gasteiger partial charge in [-0.1, -0.05) is 24.3 Å². The molecule has 0 spiro atoms. The van der Waals surface area contributed by atoms with Crippen molar-refractivity contribution in [2.45, 2.75) is 4.90 Å². The summed E-state index contributed by atoms with van der Waals surface area (Å²) in [6.45, 7) is 0. The van der Waals surface area contributed by atoms with Gasteiger partial charge in [-0.05, 0) is 24.3 Å². The summed E-state index contributed by atoms with van der Waals surface area (Å²) in [5.74, 6) is -0.525. The second-order valence-electron chi connectivity index (χ2n) is 4.32. The SMILES string of the molecule is COc1ccccc1C(=O)NS(=O)(=O)c1ccc(C=O)cc1. The van der Waals surface area contributed by atoms with E-state index in [9.17, 15) is 18.0 Å². The summed E-state index contributed by atoms with van der Waals surface area (Å²) >= 11 is 0. The van der Waals surface area contributed by atoms with Crippen LogP contribution in [0.4, 0.5) is 0 Å². The van der Waals surface area contributed by atoms with E-state index in [1.54, 1.807) is 18.2 Å². The van der Waals surface area contributed by atoms with Crippen LogP contribution in [-0.2, 0) is 10.0 Å². The van der Waals surface area contributed by atoms with Crippen LogP contribution in [0.5, 0.6) is 5.75 Å². The molecule has 0 heterocycles. The molecule has 0 bridgehead atoms. The predicted octanol–water partition coefficient (Wildman–Crippen LogP) is 1.63. The molecule has 0 aliphatic rings. The Balaban J connectivity index is 2.27. The molecule has 2 aromatic carbocycles. The maximum Gasteiger partial charge on any atom is 0.268 e. The molecule has 0 aliphatic carbocycles. The molecule has 0 saturated heterocycles. The van der Waals surface area contributed by atoms with Crippen molar-refractivity contribution in [2.75, 3.05) is 7.11 Å². The minimum absolute atomic E-state index is 0.109. The van der Waals surface area contributed by atoms with E-state index in [0.717, 1.165) is 0 Å². The number of hydrogen-bond donors (Lipinski definition) is 1. The quantitative estimate of drug-likeness (QED) is 0.846. The number of aldehydes is 1. The lowest BCUT2D eigenvalue weighted by Gasteiger charge is -2.09. The van der Waals surface area contributed by atoms with Gasteiger partial charge in [-0.25, -0.2) is 13.1 Å². The molecule has 114 valence electrons. The minimum atomic E-state index is -4.03. The Hall–Kier alpha value is -2.67. The van der Waals surface area contributed by atoms with E-state index in [0.29, 0.717) is 11.8 Å². The number of benzene rings is 2. The number of para-hydroxylation sites is 1. The van der Waals surface area contributed by atoms with Gasteiger partial charge in [0.15, 0.2) is 0 Å². The van der Waals surface area contributed by atoms with Gasteiger partial charge in [-0.15, -0.1) is 0 Å². The van der Waals surface area contributed by atoms with Gasteiger partial charge < -0.3 is 4.74 Å². The Bertz CT molecular complexity index is 797. The van der Waals surface area contributed by atoms with Crippen LogP contribution in [0.1, 0.15) is 20.7 Å². The summed E-state index contributed by atoms with van der Waals surface area (Å²) in [4.78, 5) is 22.6. The fourth-order valence-corrected chi connectivity index (χ4v) is 2.76. The molecule has 0 aliphatic heterocycles. The van der Waals surface area contributed by atoms with E-state index in [1.165, 1.54) is 37.4 Å². The zero-order chi connectivity index (χ0) is 16.2. The lowest BCUT2D eigenvalue weighted by Crippen LogP contribution is -2.30. The molecular weight excluding hydrogens is 306 g/mol. The van der Waals surface area contributed by atoms with E-state index < -0.39 is 15.9 Å². The van der Waals surface area contributed by atoms with Crippen molar-refractivity contribution >= 4 is 22.2 Å². The van der Waals surface area contributed by atoms with Gasteiger partial charge in [-0.2, -0.15) is 0 Å². The van der Waals surface area contributed by atoms with Crippen LogP contribution >= 0.6 is 0 Å². The lowest BCUT2D eigenvalue weighted by molar-refractivity contribution is 0.0978. The Morgan fingerprint density at radius 1 is 1.09 bits per heavy atom. The van der Waals surface area contributed by atoms with Crippen LogP contribution in [0, 0.1) is 0 Å². The van der Waals surface area contributed by atoms with Crippen molar-refractivity contribution in [3.05, 3.63) is 59.7 Å². The Morgan fingerprint density at radius 2 is 1.73 bits per heavy atom. The number of rotatable bonds is 5. The van der Waals surface area contributed by atoms with E-state index in [2.05, 4.69) is 0 Å². The van der Waals surface area contributed by atoms with Crippen LogP contribution < -0.4 is 9.46 Å². The van der Waals surface area contributed by atoms with Gasteiger partial charge in [0.1, 0.15) is 12.0 Å². The summed E-state index contributed by atoms with van der Waals surface area (Å²) in [5, 5.41) is 0. The minimum Gasteiger partial charge on any atom is -0.496 e. The number of carbonyl (C=O) groups is 2. The van der Waals surface area contributed by atoms with Crippen LogP contribution in [0.2, 0.25) is 0 Å². The average Bonchev–Trinajstić information content (AvgIpc) is 2.54. The van der Waals surface area contributed by atoms with Crippen molar-refractivity contribution in [1.29, 1.82) is 0 Å². The van der Waals surface area contributed by atoms with Gasteiger partial charge in [0.2, 0.25) is 0 Å².